The van der Waals surface area contributed by atoms with Crippen LogP contribution in [0.3, 0.4) is 0 Å². The van der Waals surface area contributed by atoms with Gasteiger partial charge in [0.25, 0.3) is 0 Å². The minimum atomic E-state index is -0.788. The van der Waals surface area contributed by atoms with Crippen molar-refractivity contribution in [3.05, 3.63) is 97.2 Å². The van der Waals surface area contributed by atoms with Crippen molar-refractivity contribution in [2.75, 3.05) is 13.2 Å². The summed E-state index contributed by atoms with van der Waals surface area (Å²) in [6.45, 7) is 6.53. The maximum Gasteiger partial charge on any atom is 0.306 e. The molecule has 0 aromatic heterocycles. The van der Waals surface area contributed by atoms with Crippen LogP contribution < -0.4 is 0 Å². The lowest BCUT2D eigenvalue weighted by molar-refractivity contribution is -0.167. The predicted molar refractivity (Wildman–Crippen MR) is 362 cm³/mol. The average Bonchev–Trinajstić information content (AvgIpc) is 3.49. The van der Waals surface area contributed by atoms with Gasteiger partial charge < -0.3 is 14.2 Å². The van der Waals surface area contributed by atoms with Crippen molar-refractivity contribution in [1.29, 1.82) is 0 Å². The molecule has 0 amide bonds. The fourth-order valence-electron chi connectivity index (χ4n) is 10.2. The van der Waals surface area contributed by atoms with Gasteiger partial charge >= 0.3 is 17.9 Å². The van der Waals surface area contributed by atoms with E-state index in [0.717, 1.165) is 116 Å². The predicted octanol–water partition coefficient (Wildman–Crippen LogP) is 24.8. The molecule has 0 radical (unpaired) electrons. The zero-order chi connectivity index (χ0) is 59.9. The quantitative estimate of drug-likeness (QED) is 0.0261. The SMILES string of the molecule is CC/C=C\C/C=C\C/C=C\C/C=C\C/C=C\CCCCCCCCCCCC(=O)OCC(COC(=O)CCCCCCC/C=C\C/C=C\CCCCC)OC(=O)CCCCCCCCCCCCCCC/C=C\CCCCCCCCCC. The molecule has 478 valence electrons. The van der Waals surface area contributed by atoms with Gasteiger partial charge in [-0.3, -0.25) is 14.4 Å². The van der Waals surface area contributed by atoms with E-state index >= 15 is 0 Å². The van der Waals surface area contributed by atoms with Crippen molar-refractivity contribution in [3.63, 3.8) is 0 Å². The van der Waals surface area contributed by atoms with Gasteiger partial charge in [0.1, 0.15) is 13.2 Å². The molecule has 1 atom stereocenters. The molecule has 0 aliphatic heterocycles. The highest BCUT2D eigenvalue weighted by Gasteiger charge is 2.19. The molecule has 1 unspecified atom stereocenters. The minimum Gasteiger partial charge on any atom is -0.462 e. The summed E-state index contributed by atoms with van der Waals surface area (Å²) in [6, 6.07) is 0. The lowest BCUT2D eigenvalue weighted by Gasteiger charge is -2.18. The Kier molecular flexibility index (Phi) is 67.7. The van der Waals surface area contributed by atoms with Crippen molar-refractivity contribution < 1.29 is 28.6 Å². The van der Waals surface area contributed by atoms with Gasteiger partial charge in [0, 0.05) is 19.3 Å². The topological polar surface area (TPSA) is 78.9 Å². The molecule has 0 rings (SSSR count). The van der Waals surface area contributed by atoms with Crippen molar-refractivity contribution in [3.8, 4) is 0 Å². The Morgan fingerprint density at radius 2 is 0.470 bits per heavy atom. The summed E-state index contributed by atoms with van der Waals surface area (Å²) in [5.74, 6) is -0.887. The summed E-state index contributed by atoms with van der Waals surface area (Å²) in [6.07, 6.45) is 95.7. The zero-order valence-corrected chi connectivity index (χ0v) is 54.9. The minimum absolute atomic E-state index is 0.0836. The molecule has 0 aliphatic rings. The first kappa shape index (κ1) is 79.3. The number of hydrogen-bond acceptors (Lipinski definition) is 6. The van der Waals surface area contributed by atoms with Crippen LogP contribution >= 0.6 is 0 Å². The van der Waals surface area contributed by atoms with Crippen molar-refractivity contribution in [2.45, 2.75) is 361 Å². The number of unbranched alkanes of at least 4 members (excludes halogenated alkanes) is 38. The largest absolute Gasteiger partial charge is 0.462 e. The summed E-state index contributed by atoms with van der Waals surface area (Å²) in [5.41, 5.74) is 0. The third kappa shape index (κ3) is 69.0. The fraction of sp³-hybridized carbons (Fsp3) is 0.753. The van der Waals surface area contributed by atoms with E-state index in [1.165, 1.54) is 199 Å². The number of allylic oxidation sites excluding steroid dienone is 16. The molecule has 0 aromatic carbocycles. The Hall–Kier alpha value is -3.67. The van der Waals surface area contributed by atoms with Gasteiger partial charge in [0.2, 0.25) is 0 Å². The van der Waals surface area contributed by atoms with E-state index in [9.17, 15) is 14.4 Å². The summed E-state index contributed by atoms with van der Waals surface area (Å²) in [7, 11) is 0. The van der Waals surface area contributed by atoms with Crippen molar-refractivity contribution in [1.82, 2.24) is 0 Å². The smallest absolute Gasteiger partial charge is 0.306 e. The first-order valence-electron chi connectivity index (χ1n) is 35.7. The molecular weight excluding hydrogens is 1020 g/mol. The normalized spacial score (nSPS) is 12.7. The second kappa shape index (κ2) is 70.8. The molecule has 6 heteroatoms. The summed E-state index contributed by atoms with van der Waals surface area (Å²) < 4.78 is 17.0. The van der Waals surface area contributed by atoms with Gasteiger partial charge in [-0.1, -0.05) is 311 Å². The van der Waals surface area contributed by atoms with Crippen molar-refractivity contribution in [2.24, 2.45) is 0 Å². The first-order chi connectivity index (χ1) is 41.0. The van der Waals surface area contributed by atoms with Crippen LogP contribution in [0.4, 0.5) is 0 Å². The van der Waals surface area contributed by atoms with Crippen LogP contribution in [0, 0.1) is 0 Å². The van der Waals surface area contributed by atoms with Gasteiger partial charge in [-0.05, 0) is 122 Å². The molecule has 0 saturated carbocycles. The maximum atomic E-state index is 13.0. The van der Waals surface area contributed by atoms with E-state index in [1.54, 1.807) is 0 Å². The Bertz CT molecular complexity index is 1610. The van der Waals surface area contributed by atoms with Gasteiger partial charge in [-0.25, -0.2) is 0 Å². The van der Waals surface area contributed by atoms with E-state index in [-0.39, 0.29) is 31.1 Å². The molecule has 0 aliphatic carbocycles. The average molecular weight is 1160 g/mol. The Morgan fingerprint density at radius 1 is 0.253 bits per heavy atom. The molecule has 0 saturated heterocycles. The van der Waals surface area contributed by atoms with E-state index in [0.29, 0.717) is 19.3 Å². The Balaban J connectivity index is 4.33. The van der Waals surface area contributed by atoms with Crippen LogP contribution in [0.5, 0.6) is 0 Å². The maximum absolute atomic E-state index is 13.0. The molecule has 0 aromatic rings. The Labute approximate surface area is 515 Å². The second-order valence-corrected chi connectivity index (χ2v) is 23.8. The van der Waals surface area contributed by atoms with Gasteiger partial charge in [0.05, 0.1) is 0 Å². The standard InChI is InChI=1S/C77H134O6/c1-4-7-10-13-16-19-22-25-28-30-32-34-36-38-40-42-44-46-49-52-55-58-61-64-67-70-76(79)82-73-74(72-81-75(78)69-66-63-60-57-54-51-48-27-24-21-18-15-12-9-6-3)83-77(80)71-68-65-62-59-56-53-50-47-45-43-41-39-37-35-33-31-29-26-23-20-17-14-11-8-5-2/h7,10,16,18-19,21,25,27-28,31-34,38,40,48,74H,4-6,8-9,11-15,17,20,22-24,26,29-30,35-37,39,41-47,49-73H2,1-3H3/b10-7-,19-16-,21-18-,28-25-,33-31-,34-32-,40-38-,48-27-. The first-order valence-corrected chi connectivity index (χ1v) is 35.7. The van der Waals surface area contributed by atoms with Gasteiger partial charge in [-0.15, -0.1) is 0 Å². The number of hydrogen-bond donors (Lipinski definition) is 0. The van der Waals surface area contributed by atoms with Crippen molar-refractivity contribution >= 4 is 17.9 Å². The van der Waals surface area contributed by atoms with Crippen LogP contribution in [0.2, 0.25) is 0 Å². The highest BCUT2D eigenvalue weighted by molar-refractivity contribution is 5.71. The highest BCUT2D eigenvalue weighted by atomic mass is 16.6. The van der Waals surface area contributed by atoms with Crippen LogP contribution in [0.1, 0.15) is 355 Å². The van der Waals surface area contributed by atoms with E-state index in [4.69, 9.17) is 14.2 Å². The van der Waals surface area contributed by atoms with E-state index in [2.05, 4.69) is 118 Å². The fourth-order valence-corrected chi connectivity index (χ4v) is 10.2. The molecule has 6 nitrogen and oxygen atoms in total. The third-order valence-corrected chi connectivity index (χ3v) is 15.5. The molecule has 0 fully saturated rings. The van der Waals surface area contributed by atoms with Crippen LogP contribution in [0.25, 0.3) is 0 Å². The third-order valence-electron chi connectivity index (χ3n) is 15.5. The van der Waals surface area contributed by atoms with Gasteiger partial charge in [-0.2, -0.15) is 0 Å². The van der Waals surface area contributed by atoms with Crippen LogP contribution in [0.15, 0.2) is 97.2 Å². The number of esters is 3. The van der Waals surface area contributed by atoms with Gasteiger partial charge in [0.15, 0.2) is 6.10 Å². The number of rotatable bonds is 65. The summed E-state index contributed by atoms with van der Waals surface area (Å²) >= 11 is 0. The lowest BCUT2D eigenvalue weighted by atomic mass is 10.0. The van der Waals surface area contributed by atoms with Crippen LogP contribution in [-0.4, -0.2) is 37.2 Å². The summed E-state index contributed by atoms with van der Waals surface area (Å²) in [4.78, 5) is 38.5. The zero-order valence-electron chi connectivity index (χ0n) is 54.9. The second-order valence-electron chi connectivity index (χ2n) is 23.8. The summed E-state index contributed by atoms with van der Waals surface area (Å²) in [5, 5.41) is 0. The molecule has 0 N–H and O–H groups in total. The number of carbonyl (C=O) groups excluding carboxylic acids is 3. The van der Waals surface area contributed by atoms with E-state index < -0.39 is 6.10 Å². The number of carbonyl (C=O) groups is 3. The monoisotopic (exact) mass is 1160 g/mol. The molecule has 0 spiro atoms. The lowest BCUT2D eigenvalue weighted by Crippen LogP contribution is -2.30. The molecule has 0 bridgehead atoms. The Morgan fingerprint density at radius 3 is 0.771 bits per heavy atom. The number of ether oxygens (including phenoxy) is 3. The van der Waals surface area contributed by atoms with E-state index in [1.807, 2.05) is 0 Å². The molecular formula is C77H134O6. The molecule has 83 heavy (non-hydrogen) atoms. The molecule has 0 heterocycles. The highest BCUT2D eigenvalue weighted by Crippen LogP contribution is 2.17. The van der Waals surface area contributed by atoms with Crippen LogP contribution in [-0.2, 0) is 28.6 Å².